The topological polar surface area (TPSA) is 53.6 Å². The lowest BCUT2D eigenvalue weighted by atomic mass is 10.1. The molecule has 5 nitrogen and oxygen atoms in total. The van der Waals surface area contributed by atoms with Crippen LogP contribution in [0.25, 0.3) is 0 Å². The molecule has 1 aromatic heterocycles. The predicted octanol–water partition coefficient (Wildman–Crippen LogP) is 4.89. The maximum Gasteiger partial charge on any atom is 0.422 e. The number of carbonyl (C=O) groups is 1. The van der Waals surface area contributed by atoms with Gasteiger partial charge >= 0.3 is 12.2 Å². The van der Waals surface area contributed by atoms with Crippen molar-refractivity contribution in [3.63, 3.8) is 0 Å². The third-order valence-electron chi connectivity index (χ3n) is 5.04. The Morgan fingerprint density at radius 2 is 1.90 bits per heavy atom. The molecule has 2 heterocycles. The highest BCUT2D eigenvalue weighted by molar-refractivity contribution is 7.10. The van der Waals surface area contributed by atoms with Gasteiger partial charge in [0.05, 0.1) is 12.1 Å². The van der Waals surface area contributed by atoms with E-state index in [1.54, 1.807) is 23.5 Å². The first-order valence-corrected chi connectivity index (χ1v) is 10.8. The number of alkyl halides is 3. The van der Waals surface area contributed by atoms with Crippen LogP contribution >= 0.6 is 11.3 Å². The fourth-order valence-corrected chi connectivity index (χ4v) is 4.34. The van der Waals surface area contributed by atoms with Crippen molar-refractivity contribution < 1.29 is 22.7 Å². The molecule has 2 atom stereocenters. The van der Waals surface area contributed by atoms with Gasteiger partial charge < -0.3 is 15.4 Å². The lowest BCUT2D eigenvalue weighted by Gasteiger charge is -2.27. The lowest BCUT2D eigenvalue weighted by Crippen LogP contribution is -2.42. The number of nitrogens with zero attached hydrogens (tertiary/aromatic N) is 1. The molecule has 0 radical (unpaired) electrons. The van der Waals surface area contributed by atoms with E-state index in [0.29, 0.717) is 6.54 Å². The third-order valence-corrected chi connectivity index (χ3v) is 6.01. The smallest absolute Gasteiger partial charge is 0.422 e. The van der Waals surface area contributed by atoms with Crippen LogP contribution in [-0.4, -0.2) is 43.3 Å². The molecule has 0 bridgehead atoms. The van der Waals surface area contributed by atoms with Gasteiger partial charge in [0.2, 0.25) is 0 Å². The second-order valence-electron chi connectivity index (χ2n) is 7.32. The maximum absolute atomic E-state index is 12.4. The van der Waals surface area contributed by atoms with Crippen LogP contribution in [0.4, 0.5) is 18.0 Å². The molecule has 3 rings (SSSR count). The first-order valence-electron chi connectivity index (χ1n) is 9.93. The molecule has 1 saturated heterocycles. The van der Waals surface area contributed by atoms with Crippen molar-refractivity contribution in [3.05, 3.63) is 52.2 Å². The monoisotopic (exact) mass is 441 g/mol. The van der Waals surface area contributed by atoms with Crippen molar-refractivity contribution in [2.24, 2.45) is 0 Å². The highest BCUT2D eigenvalue weighted by atomic mass is 32.1. The summed E-state index contributed by atoms with van der Waals surface area (Å²) in [6.07, 6.45) is -2.02. The van der Waals surface area contributed by atoms with Gasteiger partial charge in [0.25, 0.3) is 0 Å². The number of halogens is 3. The number of nitrogens with one attached hydrogen (secondary N) is 2. The fourth-order valence-electron chi connectivity index (χ4n) is 3.48. The molecule has 1 aromatic carbocycles. The second kappa shape index (κ2) is 10.2. The summed E-state index contributed by atoms with van der Waals surface area (Å²) in [4.78, 5) is 16.0. The SMILES string of the molecule is CC(NC(=O)NCC(c1cccs1)N1CCCC1)c1ccc(OCC(F)(F)F)cc1. The van der Waals surface area contributed by atoms with Crippen LogP contribution in [0.2, 0.25) is 0 Å². The molecule has 1 aliphatic rings. The Bertz CT molecular complexity index is 791. The van der Waals surface area contributed by atoms with Gasteiger partial charge in [-0.15, -0.1) is 11.3 Å². The van der Waals surface area contributed by atoms with Gasteiger partial charge in [-0.3, -0.25) is 4.90 Å². The normalized spacial score (nSPS) is 16.8. The van der Waals surface area contributed by atoms with Crippen molar-refractivity contribution in [2.45, 2.75) is 38.0 Å². The summed E-state index contributed by atoms with van der Waals surface area (Å²) in [5.41, 5.74) is 0.777. The molecule has 0 spiro atoms. The van der Waals surface area contributed by atoms with Crippen LogP contribution < -0.4 is 15.4 Å². The van der Waals surface area contributed by atoms with E-state index in [9.17, 15) is 18.0 Å². The first-order chi connectivity index (χ1) is 14.3. The largest absolute Gasteiger partial charge is 0.484 e. The van der Waals surface area contributed by atoms with Crippen LogP contribution in [0.3, 0.4) is 0 Å². The number of likely N-dealkylation sites (tertiary alicyclic amines) is 1. The molecule has 2 N–H and O–H groups in total. The Hall–Kier alpha value is -2.26. The van der Waals surface area contributed by atoms with E-state index in [1.165, 1.54) is 29.9 Å². The van der Waals surface area contributed by atoms with Gasteiger partial charge in [0.1, 0.15) is 5.75 Å². The quantitative estimate of drug-likeness (QED) is 0.614. The summed E-state index contributed by atoms with van der Waals surface area (Å²) in [7, 11) is 0. The van der Waals surface area contributed by atoms with Crippen LogP contribution in [0.1, 0.15) is 42.3 Å². The maximum atomic E-state index is 12.4. The van der Waals surface area contributed by atoms with E-state index in [1.807, 2.05) is 18.4 Å². The number of ether oxygens (including phenoxy) is 1. The standard InChI is InChI=1S/C21H26F3N3O2S/c1-15(16-6-8-17(9-7-16)29-14-21(22,23)24)26-20(28)25-13-18(19-5-4-12-30-19)27-10-2-3-11-27/h4-9,12,15,18H,2-3,10-11,13-14H2,1H3,(H2,25,26,28). The molecule has 0 aliphatic carbocycles. The Labute approximate surface area is 178 Å². The van der Waals surface area contributed by atoms with E-state index in [0.717, 1.165) is 18.7 Å². The van der Waals surface area contributed by atoms with Crippen LogP contribution in [0.5, 0.6) is 5.75 Å². The van der Waals surface area contributed by atoms with E-state index < -0.39 is 12.8 Å². The van der Waals surface area contributed by atoms with E-state index in [-0.39, 0.29) is 23.9 Å². The van der Waals surface area contributed by atoms with Gasteiger partial charge in [-0.05, 0) is 62.0 Å². The summed E-state index contributed by atoms with van der Waals surface area (Å²) < 4.78 is 41.4. The molecule has 30 heavy (non-hydrogen) atoms. The zero-order chi connectivity index (χ0) is 21.6. The zero-order valence-corrected chi connectivity index (χ0v) is 17.6. The molecule has 2 amide bonds. The molecule has 2 unspecified atom stereocenters. The number of hydrogen-bond donors (Lipinski definition) is 2. The van der Waals surface area contributed by atoms with Crippen molar-refractivity contribution in [2.75, 3.05) is 26.2 Å². The van der Waals surface area contributed by atoms with Crippen molar-refractivity contribution in [1.29, 1.82) is 0 Å². The van der Waals surface area contributed by atoms with Gasteiger partial charge in [-0.25, -0.2) is 4.79 Å². The lowest BCUT2D eigenvalue weighted by molar-refractivity contribution is -0.153. The minimum Gasteiger partial charge on any atom is -0.484 e. The summed E-state index contributed by atoms with van der Waals surface area (Å²) in [6.45, 7) is 3.08. The zero-order valence-electron chi connectivity index (χ0n) is 16.7. The molecular weight excluding hydrogens is 415 g/mol. The van der Waals surface area contributed by atoms with Crippen molar-refractivity contribution in [1.82, 2.24) is 15.5 Å². The molecular formula is C21H26F3N3O2S. The van der Waals surface area contributed by atoms with E-state index in [4.69, 9.17) is 4.74 Å². The number of thiophene rings is 1. The minimum absolute atomic E-state index is 0.136. The third kappa shape index (κ3) is 6.63. The highest BCUT2D eigenvalue weighted by Gasteiger charge is 2.28. The Kier molecular flexibility index (Phi) is 7.60. The van der Waals surface area contributed by atoms with Crippen LogP contribution in [0.15, 0.2) is 41.8 Å². The summed E-state index contributed by atoms with van der Waals surface area (Å²) >= 11 is 1.69. The van der Waals surface area contributed by atoms with Crippen LogP contribution in [0, 0.1) is 0 Å². The molecule has 1 aliphatic heterocycles. The van der Waals surface area contributed by atoms with E-state index >= 15 is 0 Å². The minimum atomic E-state index is -4.37. The highest BCUT2D eigenvalue weighted by Crippen LogP contribution is 2.28. The second-order valence-corrected chi connectivity index (χ2v) is 8.30. The summed E-state index contributed by atoms with van der Waals surface area (Å²) in [6, 6.07) is 9.94. The number of amides is 2. The molecule has 9 heteroatoms. The molecule has 0 saturated carbocycles. The van der Waals surface area contributed by atoms with E-state index in [2.05, 4.69) is 21.6 Å². The van der Waals surface area contributed by atoms with Gasteiger partial charge in [0.15, 0.2) is 6.61 Å². The fraction of sp³-hybridized carbons (Fsp3) is 0.476. The number of benzene rings is 1. The Morgan fingerprint density at radius 3 is 2.50 bits per heavy atom. The predicted molar refractivity (Wildman–Crippen MR) is 111 cm³/mol. The molecule has 2 aromatic rings. The average Bonchev–Trinajstić information content (AvgIpc) is 3.41. The van der Waals surface area contributed by atoms with Crippen molar-refractivity contribution >= 4 is 17.4 Å². The number of hydrogen-bond acceptors (Lipinski definition) is 4. The van der Waals surface area contributed by atoms with Gasteiger partial charge in [-0.2, -0.15) is 13.2 Å². The number of carbonyl (C=O) groups excluding carboxylic acids is 1. The molecule has 1 fully saturated rings. The summed E-state index contributed by atoms with van der Waals surface area (Å²) in [5, 5.41) is 7.88. The summed E-state index contributed by atoms with van der Waals surface area (Å²) in [5.74, 6) is 0.136. The Balaban J connectivity index is 1.50. The average molecular weight is 442 g/mol. The molecule has 164 valence electrons. The van der Waals surface area contributed by atoms with Crippen LogP contribution in [-0.2, 0) is 0 Å². The first kappa shape index (κ1) is 22.4. The Morgan fingerprint density at radius 1 is 1.20 bits per heavy atom. The van der Waals surface area contributed by atoms with Crippen molar-refractivity contribution in [3.8, 4) is 5.75 Å². The van der Waals surface area contributed by atoms with Gasteiger partial charge in [0, 0.05) is 11.4 Å². The van der Waals surface area contributed by atoms with Gasteiger partial charge in [-0.1, -0.05) is 18.2 Å². The number of rotatable bonds is 8. The number of urea groups is 1.